The monoisotopic (exact) mass is 304 g/mol. The van der Waals surface area contributed by atoms with Crippen molar-refractivity contribution in [3.63, 3.8) is 0 Å². The Kier molecular flexibility index (Phi) is 3.05. The molecular weight excluding hydrogens is 300 g/mol. The fourth-order valence-corrected chi connectivity index (χ4v) is 1.44. The Bertz CT molecular complexity index is 306. The predicted octanol–water partition coefficient (Wildman–Crippen LogP) is 2.86. The van der Waals surface area contributed by atoms with Crippen LogP contribution in [-0.4, -0.2) is 4.98 Å². The van der Waals surface area contributed by atoms with Crippen LogP contribution in [0.15, 0.2) is 6.20 Å². The summed E-state index contributed by atoms with van der Waals surface area (Å²) in [5.41, 5.74) is 5.17. The molecule has 0 spiro atoms. The SMILES string of the molecule is Nc1c(I)ncc(C(F)F)c1Cl. The number of anilines is 1. The summed E-state index contributed by atoms with van der Waals surface area (Å²) in [4.78, 5) is 3.66. The van der Waals surface area contributed by atoms with E-state index in [1.807, 2.05) is 22.6 Å². The van der Waals surface area contributed by atoms with Crippen molar-refractivity contribution in [3.05, 3.63) is 20.5 Å². The molecule has 0 unspecified atom stereocenters. The first-order chi connectivity index (χ1) is 5.54. The van der Waals surface area contributed by atoms with Gasteiger partial charge < -0.3 is 5.73 Å². The topological polar surface area (TPSA) is 38.9 Å². The Morgan fingerprint density at radius 2 is 2.17 bits per heavy atom. The first kappa shape index (κ1) is 9.91. The van der Waals surface area contributed by atoms with E-state index in [9.17, 15) is 8.78 Å². The lowest BCUT2D eigenvalue weighted by molar-refractivity contribution is 0.151. The molecule has 0 fully saturated rings. The van der Waals surface area contributed by atoms with Crippen LogP contribution in [0.25, 0.3) is 0 Å². The molecule has 1 aromatic heterocycles. The Balaban J connectivity index is 3.27. The summed E-state index contributed by atoms with van der Waals surface area (Å²) >= 11 is 7.37. The second-order valence-electron chi connectivity index (χ2n) is 2.03. The van der Waals surface area contributed by atoms with Crippen molar-refractivity contribution in [1.29, 1.82) is 0 Å². The molecule has 0 aliphatic carbocycles. The van der Waals surface area contributed by atoms with Crippen LogP contribution >= 0.6 is 34.2 Å². The van der Waals surface area contributed by atoms with Gasteiger partial charge in [0.2, 0.25) is 0 Å². The van der Waals surface area contributed by atoms with Crippen LogP contribution in [0.2, 0.25) is 5.02 Å². The van der Waals surface area contributed by atoms with Crippen molar-refractivity contribution >= 4 is 39.9 Å². The zero-order valence-electron chi connectivity index (χ0n) is 5.69. The highest BCUT2D eigenvalue weighted by atomic mass is 127. The van der Waals surface area contributed by atoms with Crippen LogP contribution in [0.4, 0.5) is 14.5 Å². The highest BCUT2D eigenvalue weighted by Crippen LogP contribution is 2.32. The van der Waals surface area contributed by atoms with Crippen molar-refractivity contribution in [2.75, 3.05) is 5.73 Å². The van der Waals surface area contributed by atoms with Crippen LogP contribution in [0, 0.1) is 3.70 Å². The fourth-order valence-electron chi connectivity index (χ4n) is 0.651. The van der Waals surface area contributed by atoms with E-state index in [1.54, 1.807) is 0 Å². The van der Waals surface area contributed by atoms with Crippen LogP contribution in [0.1, 0.15) is 12.0 Å². The maximum absolute atomic E-state index is 12.2. The number of alkyl halides is 2. The van der Waals surface area contributed by atoms with Crippen LogP contribution < -0.4 is 5.73 Å². The molecule has 12 heavy (non-hydrogen) atoms. The van der Waals surface area contributed by atoms with Gasteiger partial charge in [0.05, 0.1) is 16.3 Å². The van der Waals surface area contributed by atoms with Gasteiger partial charge in [0.1, 0.15) is 3.70 Å². The van der Waals surface area contributed by atoms with Gasteiger partial charge in [0, 0.05) is 6.20 Å². The van der Waals surface area contributed by atoms with Gasteiger partial charge in [-0.15, -0.1) is 0 Å². The lowest BCUT2D eigenvalue weighted by Crippen LogP contribution is -1.98. The third-order valence-electron chi connectivity index (χ3n) is 1.26. The van der Waals surface area contributed by atoms with Gasteiger partial charge in [0.15, 0.2) is 0 Å². The fraction of sp³-hybridized carbons (Fsp3) is 0.167. The second kappa shape index (κ2) is 3.69. The summed E-state index contributed by atoms with van der Waals surface area (Å²) in [6, 6.07) is 0. The molecule has 66 valence electrons. The summed E-state index contributed by atoms with van der Waals surface area (Å²) in [6.07, 6.45) is -1.60. The molecule has 1 aromatic rings. The first-order valence-electron chi connectivity index (χ1n) is 2.91. The van der Waals surface area contributed by atoms with Gasteiger partial charge in [-0.25, -0.2) is 13.8 Å². The van der Waals surface area contributed by atoms with Crippen molar-refractivity contribution in [1.82, 2.24) is 4.98 Å². The van der Waals surface area contributed by atoms with E-state index >= 15 is 0 Å². The molecule has 2 nitrogen and oxygen atoms in total. The largest absolute Gasteiger partial charge is 0.395 e. The van der Waals surface area contributed by atoms with E-state index in [1.165, 1.54) is 0 Å². The molecule has 1 rings (SSSR count). The molecule has 0 aromatic carbocycles. The Labute approximate surface area is 86.3 Å². The number of nitrogen functional groups attached to an aromatic ring is 1. The average molecular weight is 304 g/mol. The van der Waals surface area contributed by atoms with Crippen LogP contribution in [0.3, 0.4) is 0 Å². The summed E-state index contributed by atoms with van der Waals surface area (Å²) in [6.45, 7) is 0. The molecule has 0 bridgehead atoms. The summed E-state index contributed by atoms with van der Waals surface area (Å²) in [5.74, 6) is 0. The number of rotatable bonds is 1. The highest BCUT2D eigenvalue weighted by Gasteiger charge is 2.15. The number of nitrogens with two attached hydrogens (primary N) is 1. The maximum Gasteiger partial charge on any atom is 0.266 e. The van der Waals surface area contributed by atoms with Crippen LogP contribution in [0.5, 0.6) is 0 Å². The second-order valence-corrected chi connectivity index (χ2v) is 3.43. The van der Waals surface area contributed by atoms with Gasteiger partial charge in [0.25, 0.3) is 6.43 Å². The van der Waals surface area contributed by atoms with Gasteiger partial charge >= 0.3 is 0 Å². The van der Waals surface area contributed by atoms with Crippen molar-refractivity contribution in [2.45, 2.75) is 6.43 Å². The number of aromatic nitrogens is 1. The Hall–Kier alpha value is -0.170. The van der Waals surface area contributed by atoms with Gasteiger partial charge in [-0.2, -0.15) is 0 Å². The molecule has 2 N–H and O–H groups in total. The Morgan fingerprint density at radius 1 is 1.58 bits per heavy atom. The summed E-state index contributed by atoms with van der Waals surface area (Å²) in [7, 11) is 0. The molecular formula is C6H4ClF2IN2. The Morgan fingerprint density at radius 3 is 2.67 bits per heavy atom. The van der Waals surface area contributed by atoms with Crippen molar-refractivity contribution in [2.24, 2.45) is 0 Å². The molecule has 0 amide bonds. The summed E-state index contributed by atoms with van der Waals surface area (Å²) in [5, 5.41) is -0.107. The number of pyridine rings is 1. The lowest BCUT2D eigenvalue weighted by atomic mass is 10.3. The smallest absolute Gasteiger partial charge is 0.266 e. The standard InChI is InChI=1S/C6H4ClF2IN2/c7-3-2(5(8)9)1-12-6(10)4(3)11/h1,5H,11H2. The zero-order chi connectivity index (χ0) is 9.30. The lowest BCUT2D eigenvalue weighted by Gasteiger charge is -2.05. The maximum atomic E-state index is 12.2. The molecule has 0 atom stereocenters. The number of nitrogens with zero attached hydrogens (tertiary/aromatic N) is 1. The highest BCUT2D eigenvalue weighted by molar-refractivity contribution is 14.1. The van der Waals surface area contributed by atoms with Gasteiger partial charge in [-0.05, 0) is 22.6 Å². The van der Waals surface area contributed by atoms with E-state index in [0.29, 0.717) is 3.70 Å². The van der Waals surface area contributed by atoms with Crippen LogP contribution in [-0.2, 0) is 0 Å². The molecule has 0 radical (unpaired) electrons. The predicted molar refractivity (Wildman–Crippen MR) is 51.3 cm³/mol. The zero-order valence-corrected chi connectivity index (χ0v) is 8.60. The van der Waals surface area contributed by atoms with Crippen molar-refractivity contribution < 1.29 is 8.78 Å². The van der Waals surface area contributed by atoms with Gasteiger partial charge in [-0.3, -0.25) is 0 Å². The molecule has 0 aliphatic rings. The van der Waals surface area contributed by atoms with E-state index < -0.39 is 6.43 Å². The molecule has 0 saturated carbocycles. The van der Waals surface area contributed by atoms with E-state index in [0.717, 1.165) is 6.20 Å². The minimum atomic E-state index is -2.63. The summed E-state index contributed by atoms with van der Waals surface area (Å²) < 4.78 is 24.7. The molecule has 0 aliphatic heterocycles. The van der Waals surface area contributed by atoms with E-state index in [-0.39, 0.29) is 16.3 Å². The first-order valence-corrected chi connectivity index (χ1v) is 4.37. The normalized spacial score (nSPS) is 10.8. The van der Waals surface area contributed by atoms with Gasteiger partial charge in [-0.1, -0.05) is 11.6 Å². The molecule has 0 saturated heterocycles. The minimum Gasteiger partial charge on any atom is -0.395 e. The average Bonchev–Trinajstić information content (AvgIpc) is 2.00. The number of halogens is 4. The molecule has 1 heterocycles. The van der Waals surface area contributed by atoms with E-state index in [2.05, 4.69) is 4.98 Å². The quantitative estimate of drug-likeness (QED) is 0.640. The van der Waals surface area contributed by atoms with E-state index in [4.69, 9.17) is 17.3 Å². The number of hydrogen-bond donors (Lipinski definition) is 1. The number of hydrogen-bond acceptors (Lipinski definition) is 2. The molecule has 6 heteroatoms. The third kappa shape index (κ3) is 1.77. The third-order valence-corrected chi connectivity index (χ3v) is 2.55. The van der Waals surface area contributed by atoms with Crippen molar-refractivity contribution in [3.8, 4) is 0 Å². The minimum absolute atomic E-state index is 0.107.